The molecule has 0 saturated heterocycles. The molecule has 1 atom stereocenters. The maximum atomic E-state index is 12.0. The summed E-state index contributed by atoms with van der Waals surface area (Å²) in [4.78, 5) is 23.5. The van der Waals surface area contributed by atoms with E-state index in [2.05, 4.69) is 5.32 Å². The monoisotopic (exact) mass is 289 g/mol. The van der Waals surface area contributed by atoms with E-state index in [1.807, 2.05) is 0 Å². The summed E-state index contributed by atoms with van der Waals surface area (Å²) in [7, 11) is 0. The van der Waals surface area contributed by atoms with Crippen LogP contribution in [0.4, 0.5) is 4.79 Å². The molecule has 1 N–H and O–H groups in total. The van der Waals surface area contributed by atoms with Gasteiger partial charge < -0.3 is 10.1 Å². The van der Waals surface area contributed by atoms with Gasteiger partial charge in [-0.25, -0.2) is 4.79 Å². The predicted molar refractivity (Wildman–Crippen MR) is 72.5 cm³/mol. The number of nitrogens with one attached hydrogen (secondary N) is 1. The largest absolute Gasteiger partial charge is 0.444 e. The van der Waals surface area contributed by atoms with Gasteiger partial charge in [-0.05, 0) is 27.7 Å². The van der Waals surface area contributed by atoms with Crippen molar-refractivity contribution >= 4 is 34.8 Å². The topological polar surface area (TPSA) is 55.4 Å². The number of alkyl carbamates (subject to hydrolysis) is 1. The fraction of sp³-hybridized carbons (Fsp3) is 0.500. The molecule has 18 heavy (non-hydrogen) atoms. The number of thiophene rings is 1. The minimum Gasteiger partial charge on any atom is -0.444 e. The van der Waals surface area contributed by atoms with Gasteiger partial charge in [0.05, 0.1) is 11.1 Å². The molecular formula is C12H16ClNO3S. The number of rotatable bonds is 3. The Morgan fingerprint density at radius 3 is 2.44 bits per heavy atom. The molecule has 1 rings (SSSR count). The average Bonchev–Trinajstić information content (AvgIpc) is 2.60. The van der Waals surface area contributed by atoms with E-state index in [-0.39, 0.29) is 5.78 Å². The van der Waals surface area contributed by atoms with E-state index in [4.69, 9.17) is 16.3 Å². The molecule has 4 nitrogen and oxygen atoms in total. The van der Waals surface area contributed by atoms with Gasteiger partial charge in [-0.3, -0.25) is 4.79 Å². The second-order valence-corrected chi connectivity index (χ2v) is 6.02. The Morgan fingerprint density at radius 1 is 1.39 bits per heavy atom. The van der Waals surface area contributed by atoms with Crippen molar-refractivity contribution in [2.75, 3.05) is 0 Å². The third-order valence-electron chi connectivity index (χ3n) is 2.01. The molecule has 1 heterocycles. The normalized spacial score (nSPS) is 12.9. The van der Waals surface area contributed by atoms with Crippen molar-refractivity contribution in [1.82, 2.24) is 5.32 Å². The number of carbonyl (C=O) groups is 2. The first-order valence-electron chi connectivity index (χ1n) is 5.46. The Balaban J connectivity index is 2.61. The summed E-state index contributed by atoms with van der Waals surface area (Å²) in [5.74, 6) is -0.230. The molecule has 0 radical (unpaired) electrons. The molecule has 6 heteroatoms. The van der Waals surface area contributed by atoms with E-state index in [1.165, 1.54) is 11.3 Å². The average molecular weight is 290 g/mol. The summed E-state index contributed by atoms with van der Waals surface area (Å²) >= 11 is 7.21. The number of carbonyl (C=O) groups excluding carboxylic acids is 2. The highest BCUT2D eigenvalue weighted by atomic mass is 35.5. The first kappa shape index (κ1) is 15.0. The van der Waals surface area contributed by atoms with Gasteiger partial charge in [0.15, 0.2) is 5.78 Å². The highest BCUT2D eigenvalue weighted by Crippen LogP contribution is 2.22. The van der Waals surface area contributed by atoms with Crippen molar-refractivity contribution < 1.29 is 14.3 Å². The second-order valence-electron chi connectivity index (χ2n) is 4.87. The molecular weight excluding hydrogens is 274 g/mol. The van der Waals surface area contributed by atoms with E-state index in [0.717, 1.165) is 0 Å². The number of hydrogen-bond acceptors (Lipinski definition) is 4. The maximum Gasteiger partial charge on any atom is 0.408 e. The van der Waals surface area contributed by atoms with Crippen molar-refractivity contribution in [2.45, 2.75) is 39.3 Å². The number of hydrogen-bond donors (Lipinski definition) is 1. The summed E-state index contributed by atoms with van der Waals surface area (Å²) in [5.41, 5.74) is -0.169. The van der Waals surface area contributed by atoms with Crippen LogP contribution in [0.15, 0.2) is 10.8 Å². The van der Waals surface area contributed by atoms with E-state index in [1.54, 1.807) is 38.5 Å². The molecule has 0 spiro atoms. The minimum atomic E-state index is -0.674. The first-order valence-corrected chi connectivity index (χ1v) is 6.78. The lowest BCUT2D eigenvalue weighted by Crippen LogP contribution is -2.41. The van der Waals surface area contributed by atoms with Gasteiger partial charge >= 0.3 is 6.09 Å². The summed E-state index contributed by atoms with van der Waals surface area (Å²) in [6.07, 6.45) is -0.616. The van der Waals surface area contributed by atoms with Crippen LogP contribution in [0.2, 0.25) is 5.02 Å². The van der Waals surface area contributed by atoms with Gasteiger partial charge in [0.25, 0.3) is 0 Å². The Morgan fingerprint density at radius 2 is 2.00 bits per heavy atom. The van der Waals surface area contributed by atoms with Gasteiger partial charge in [0.1, 0.15) is 5.60 Å². The van der Waals surface area contributed by atoms with Crippen molar-refractivity contribution in [3.8, 4) is 0 Å². The van der Waals surface area contributed by atoms with E-state index in [9.17, 15) is 9.59 Å². The van der Waals surface area contributed by atoms with Gasteiger partial charge in [0, 0.05) is 16.3 Å². The number of Topliss-reactive ketones (excluding diaryl/α,β-unsaturated/α-hetero) is 1. The number of ether oxygens (including phenoxy) is 1. The highest BCUT2D eigenvalue weighted by molar-refractivity contribution is 7.08. The number of amides is 1. The number of halogens is 1. The molecule has 0 unspecified atom stereocenters. The summed E-state index contributed by atoms with van der Waals surface area (Å²) in [6.45, 7) is 6.87. The Labute approximate surface area is 115 Å². The van der Waals surface area contributed by atoms with Crippen LogP contribution in [0, 0.1) is 0 Å². The third-order valence-corrected chi connectivity index (χ3v) is 3.19. The third kappa shape index (κ3) is 4.31. The minimum absolute atomic E-state index is 0.230. The summed E-state index contributed by atoms with van der Waals surface area (Å²) in [6, 6.07) is -0.674. The van der Waals surface area contributed by atoms with Crippen LogP contribution >= 0.6 is 22.9 Å². The van der Waals surface area contributed by atoms with Crippen LogP contribution in [0.5, 0.6) is 0 Å². The van der Waals surface area contributed by atoms with Crippen LogP contribution in [-0.2, 0) is 4.74 Å². The zero-order valence-corrected chi connectivity index (χ0v) is 12.3. The molecule has 0 aliphatic heterocycles. The molecule has 0 aromatic carbocycles. The van der Waals surface area contributed by atoms with Crippen LogP contribution in [0.25, 0.3) is 0 Å². The standard InChI is InChI=1S/C12H16ClNO3S/c1-7(14-11(16)17-12(2,3)4)10(15)8-5-18-6-9(8)13/h5-7H,1-4H3,(H,14,16)/t7-/m0/s1. The molecule has 1 aromatic heterocycles. The maximum absolute atomic E-state index is 12.0. The fourth-order valence-corrected chi connectivity index (χ4v) is 2.30. The van der Waals surface area contributed by atoms with Crippen molar-refractivity contribution in [2.24, 2.45) is 0 Å². The van der Waals surface area contributed by atoms with Gasteiger partial charge in [0.2, 0.25) is 0 Å². The summed E-state index contributed by atoms with van der Waals surface area (Å²) in [5, 5.41) is 6.23. The first-order chi connectivity index (χ1) is 8.20. The Kier molecular flexibility index (Phi) is 4.76. The van der Waals surface area contributed by atoms with E-state index in [0.29, 0.717) is 10.6 Å². The van der Waals surface area contributed by atoms with Crippen molar-refractivity contribution in [3.63, 3.8) is 0 Å². The Bertz CT molecular complexity index is 450. The Hall–Kier alpha value is -1.07. The molecule has 1 amide bonds. The second kappa shape index (κ2) is 5.71. The van der Waals surface area contributed by atoms with Gasteiger partial charge in [-0.2, -0.15) is 11.3 Å². The zero-order chi connectivity index (χ0) is 13.9. The summed E-state index contributed by atoms with van der Waals surface area (Å²) < 4.78 is 5.07. The lowest BCUT2D eigenvalue weighted by Gasteiger charge is -2.21. The SMILES string of the molecule is C[C@H](NC(=O)OC(C)(C)C)C(=O)c1cscc1Cl. The van der Waals surface area contributed by atoms with Gasteiger partial charge in [-0.1, -0.05) is 11.6 Å². The van der Waals surface area contributed by atoms with Crippen LogP contribution in [-0.4, -0.2) is 23.5 Å². The number of ketones is 1. The van der Waals surface area contributed by atoms with E-state index >= 15 is 0 Å². The fourth-order valence-electron chi connectivity index (χ4n) is 1.24. The molecule has 0 aliphatic carbocycles. The predicted octanol–water partition coefficient (Wildman–Crippen LogP) is 3.50. The zero-order valence-electron chi connectivity index (χ0n) is 10.7. The van der Waals surface area contributed by atoms with Crippen LogP contribution < -0.4 is 5.32 Å². The smallest absolute Gasteiger partial charge is 0.408 e. The quantitative estimate of drug-likeness (QED) is 0.867. The highest BCUT2D eigenvalue weighted by Gasteiger charge is 2.23. The van der Waals surface area contributed by atoms with Crippen molar-refractivity contribution in [1.29, 1.82) is 0 Å². The molecule has 1 aromatic rings. The lowest BCUT2D eigenvalue weighted by atomic mass is 10.1. The molecule has 0 aliphatic rings. The van der Waals surface area contributed by atoms with Crippen molar-refractivity contribution in [3.05, 3.63) is 21.3 Å². The lowest BCUT2D eigenvalue weighted by molar-refractivity contribution is 0.0497. The van der Waals surface area contributed by atoms with Crippen LogP contribution in [0.3, 0.4) is 0 Å². The molecule has 0 saturated carbocycles. The van der Waals surface area contributed by atoms with Gasteiger partial charge in [-0.15, -0.1) is 0 Å². The molecule has 100 valence electrons. The molecule has 0 fully saturated rings. The van der Waals surface area contributed by atoms with E-state index < -0.39 is 17.7 Å². The van der Waals surface area contributed by atoms with Crippen LogP contribution in [0.1, 0.15) is 38.1 Å². The molecule has 0 bridgehead atoms.